The smallest absolute Gasteiger partial charge is 0.251 e. The van der Waals surface area contributed by atoms with E-state index in [0.29, 0.717) is 24.2 Å². The third-order valence-corrected chi connectivity index (χ3v) is 7.84. The van der Waals surface area contributed by atoms with E-state index in [4.69, 9.17) is 10.2 Å². The lowest BCUT2D eigenvalue weighted by atomic mass is 10.0. The number of rotatable bonds is 9. The van der Waals surface area contributed by atoms with Crippen molar-refractivity contribution < 1.29 is 4.79 Å². The largest absolute Gasteiger partial charge is 0.353 e. The summed E-state index contributed by atoms with van der Waals surface area (Å²) in [6, 6.07) is 27.1. The minimum atomic E-state index is 0.0454. The second-order valence-electron chi connectivity index (χ2n) is 10.8. The highest BCUT2D eigenvalue weighted by atomic mass is 16.1. The van der Waals surface area contributed by atoms with Crippen LogP contribution >= 0.6 is 0 Å². The van der Waals surface area contributed by atoms with E-state index in [1.807, 2.05) is 42.5 Å². The van der Waals surface area contributed by atoms with Crippen molar-refractivity contribution in [2.75, 3.05) is 25.0 Å². The number of likely N-dealkylation sites (tertiary alicyclic amines) is 1. The first-order valence-electron chi connectivity index (χ1n) is 14.0. The summed E-state index contributed by atoms with van der Waals surface area (Å²) in [6.45, 7) is 3.83. The molecule has 1 aliphatic carbocycles. The highest BCUT2D eigenvalue weighted by Gasteiger charge is 2.24. The van der Waals surface area contributed by atoms with Crippen LogP contribution in [0.25, 0.3) is 11.0 Å². The summed E-state index contributed by atoms with van der Waals surface area (Å²) in [5.74, 6) is 0.953. The van der Waals surface area contributed by atoms with Gasteiger partial charge in [-0.15, -0.1) is 0 Å². The third-order valence-electron chi connectivity index (χ3n) is 7.84. The van der Waals surface area contributed by atoms with Crippen molar-refractivity contribution in [3.05, 3.63) is 95.1 Å². The zero-order chi connectivity index (χ0) is 26.6. The van der Waals surface area contributed by atoms with E-state index in [2.05, 4.69) is 56.5 Å². The van der Waals surface area contributed by atoms with E-state index >= 15 is 0 Å². The van der Waals surface area contributed by atoms with Gasteiger partial charge in [-0.3, -0.25) is 4.79 Å². The molecule has 1 saturated carbocycles. The second-order valence-corrected chi connectivity index (χ2v) is 10.8. The number of nitriles is 1. The summed E-state index contributed by atoms with van der Waals surface area (Å²) >= 11 is 0. The van der Waals surface area contributed by atoms with Gasteiger partial charge in [0, 0.05) is 37.3 Å². The number of nitrogens with zero attached hydrogens (tertiary/aromatic N) is 4. The fraction of sp³-hybridized carbons (Fsp3) is 0.344. The molecule has 6 rings (SSSR count). The lowest BCUT2D eigenvalue weighted by molar-refractivity contribution is 0.0951. The van der Waals surface area contributed by atoms with Crippen LogP contribution in [-0.4, -0.2) is 52.1 Å². The highest BCUT2D eigenvalue weighted by molar-refractivity contribution is 5.94. The molecule has 0 bridgehead atoms. The summed E-state index contributed by atoms with van der Waals surface area (Å²) < 4.78 is 2.25. The molecule has 0 unspecified atom stereocenters. The van der Waals surface area contributed by atoms with Gasteiger partial charge in [0.05, 0.1) is 29.2 Å². The molecule has 4 aromatic rings. The zero-order valence-electron chi connectivity index (χ0n) is 22.1. The van der Waals surface area contributed by atoms with Crippen molar-refractivity contribution in [3.63, 3.8) is 0 Å². The molecule has 3 aromatic carbocycles. The fourth-order valence-corrected chi connectivity index (χ4v) is 5.30. The Hall–Kier alpha value is -4.15. The van der Waals surface area contributed by atoms with E-state index in [-0.39, 0.29) is 5.91 Å². The maximum absolute atomic E-state index is 12.2. The summed E-state index contributed by atoms with van der Waals surface area (Å²) in [7, 11) is 0. The Balaban J connectivity index is 1.04. The number of hydrogen-bond donors (Lipinski definition) is 2. The van der Waals surface area contributed by atoms with Crippen LogP contribution in [0.3, 0.4) is 0 Å². The molecule has 2 fully saturated rings. The van der Waals surface area contributed by atoms with Crippen molar-refractivity contribution in [1.29, 1.82) is 5.26 Å². The molecule has 1 aliphatic heterocycles. The Morgan fingerprint density at radius 1 is 0.897 bits per heavy atom. The third kappa shape index (κ3) is 6.13. The number of fused-ring (bicyclic) bond motifs is 1. The molecule has 7 nitrogen and oxygen atoms in total. The van der Waals surface area contributed by atoms with Crippen molar-refractivity contribution >= 4 is 22.9 Å². The van der Waals surface area contributed by atoms with Gasteiger partial charge in [0.1, 0.15) is 0 Å². The second kappa shape index (κ2) is 11.3. The van der Waals surface area contributed by atoms with Crippen LogP contribution in [0.1, 0.15) is 52.7 Å². The SMILES string of the molecule is N#Cc1ccc(Cn2c(NC3CCN(CCc4ccc(C(=O)NC5CC5)cc4)CC3)nc3ccccc32)cc1. The van der Waals surface area contributed by atoms with Gasteiger partial charge in [0.2, 0.25) is 5.95 Å². The molecule has 2 N–H and O–H groups in total. The quantitative estimate of drug-likeness (QED) is 0.327. The fourth-order valence-electron chi connectivity index (χ4n) is 5.30. The van der Waals surface area contributed by atoms with Crippen LogP contribution in [-0.2, 0) is 13.0 Å². The normalized spacial score (nSPS) is 16.2. The molecule has 198 valence electrons. The molecule has 39 heavy (non-hydrogen) atoms. The lowest BCUT2D eigenvalue weighted by Gasteiger charge is -2.32. The van der Waals surface area contributed by atoms with E-state index in [9.17, 15) is 4.79 Å². The maximum atomic E-state index is 12.2. The number of imidazole rings is 1. The number of nitrogens with one attached hydrogen (secondary N) is 2. The number of para-hydroxylation sites is 2. The van der Waals surface area contributed by atoms with Crippen molar-refractivity contribution in [1.82, 2.24) is 19.8 Å². The number of amides is 1. The van der Waals surface area contributed by atoms with Crippen LogP contribution < -0.4 is 10.6 Å². The Kier molecular flexibility index (Phi) is 7.29. The Morgan fingerprint density at radius 3 is 2.33 bits per heavy atom. The van der Waals surface area contributed by atoms with Gasteiger partial charge in [-0.05, 0) is 79.6 Å². The number of benzene rings is 3. The summed E-state index contributed by atoms with van der Waals surface area (Å²) in [4.78, 5) is 19.7. The average Bonchev–Trinajstić information content (AvgIpc) is 3.74. The van der Waals surface area contributed by atoms with E-state index in [0.717, 1.165) is 79.8 Å². The highest BCUT2D eigenvalue weighted by Crippen LogP contribution is 2.24. The summed E-state index contributed by atoms with van der Waals surface area (Å²) in [5.41, 5.74) is 5.94. The van der Waals surface area contributed by atoms with Gasteiger partial charge < -0.3 is 20.1 Å². The predicted molar refractivity (Wildman–Crippen MR) is 154 cm³/mol. The maximum Gasteiger partial charge on any atom is 0.251 e. The van der Waals surface area contributed by atoms with E-state index in [1.54, 1.807) is 0 Å². The number of carbonyl (C=O) groups excluding carboxylic acids is 1. The monoisotopic (exact) mass is 518 g/mol. The first kappa shape index (κ1) is 25.1. The summed E-state index contributed by atoms with van der Waals surface area (Å²) in [5, 5.41) is 15.9. The van der Waals surface area contributed by atoms with Crippen LogP contribution in [0.5, 0.6) is 0 Å². The lowest BCUT2D eigenvalue weighted by Crippen LogP contribution is -2.40. The molecule has 0 atom stereocenters. The van der Waals surface area contributed by atoms with Crippen molar-refractivity contribution in [2.45, 2.75) is 50.7 Å². The molecule has 2 aliphatic rings. The number of anilines is 1. The van der Waals surface area contributed by atoms with Gasteiger partial charge in [0.15, 0.2) is 0 Å². The number of carbonyl (C=O) groups is 1. The van der Waals surface area contributed by atoms with E-state index < -0.39 is 0 Å². The van der Waals surface area contributed by atoms with Crippen LogP contribution in [0.15, 0.2) is 72.8 Å². The van der Waals surface area contributed by atoms with Gasteiger partial charge in [-0.25, -0.2) is 4.98 Å². The van der Waals surface area contributed by atoms with Crippen LogP contribution in [0, 0.1) is 11.3 Å². The first-order valence-corrected chi connectivity index (χ1v) is 14.0. The predicted octanol–water partition coefficient (Wildman–Crippen LogP) is 4.97. The molecule has 1 saturated heterocycles. The van der Waals surface area contributed by atoms with Crippen molar-refractivity contribution in [3.8, 4) is 6.07 Å². The molecule has 0 spiro atoms. The van der Waals surface area contributed by atoms with Crippen LogP contribution in [0.2, 0.25) is 0 Å². The van der Waals surface area contributed by atoms with Gasteiger partial charge in [-0.1, -0.05) is 36.4 Å². The molecular weight excluding hydrogens is 484 g/mol. The van der Waals surface area contributed by atoms with E-state index in [1.165, 1.54) is 5.56 Å². The zero-order valence-corrected chi connectivity index (χ0v) is 22.1. The van der Waals surface area contributed by atoms with Crippen molar-refractivity contribution in [2.24, 2.45) is 0 Å². The first-order chi connectivity index (χ1) is 19.1. The number of hydrogen-bond acceptors (Lipinski definition) is 5. The topological polar surface area (TPSA) is 86.0 Å². The number of piperidine rings is 1. The molecule has 1 aromatic heterocycles. The van der Waals surface area contributed by atoms with Gasteiger partial charge >= 0.3 is 0 Å². The summed E-state index contributed by atoms with van der Waals surface area (Å²) in [6.07, 6.45) is 5.34. The van der Waals surface area contributed by atoms with Gasteiger partial charge in [-0.2, -0.15) is 5.26 Å². The Morgan fingerprint density at radius 2 is 1.62 bits per heavy atom. The standard InChI is InChI=1S/C32H34N6O/c33-21-24-5-7-25(8-6-24)22-38-30-4-2-1-3-29(30)36-32(38)35-28-16-19-37(20-17-28)18-15-23-9-11-26(12-10-23)31(39)34-27-13-14-27/h1-12,27-28H,13-20,22H2,(H,34,39)(H,35,36). The van der Waals surface area contributed by atoms with Gasteiger partial charge in [0.25, 0.3) is 5.91 Å². The molecule has 0 radical (unpaired) electrons. The molecule has 2 heterocycles. The molecule has 7 heteroatoms. The molecule has 1 amide bonds. The minimum Gasteiger partial charge on any atom is -0.353 e. The number of aromatic nitrogens is 2. The average molecular weight is 519 g/mol. The van der Waals surface area contributed by atoms with Crippen LogP contribution in [0.4, 0.5) is 5.95 Å². The minimum absolute atomic E-state index is 0.0454. The Bertz CT molecular complexity index is 1470. The molecular formula is C32H34N6O. The Labute approximate surface area is 229 Å².